The summed E-state index contributed by atoms with van der Waals surface area (Å²) >= 11 is 0. The number of nitrogens with zero attached hydrogens (tertiary/aromatic N) is 2. The topological polar surface area (TPSA) is 155 Å². The van der Waals surface area contributed by atoms with Crippen LogP contribution in [-0.2, 0) is 31.5 Å². The quantitative estimate of drug-likeness (QED) is 0.118. The second kappa shape index (κ2) is 18.1. The second-order valence-corrected chi connectivity index (χ2v) is 14.7. The van der Waals surface area contributed by atoms with Crippen LogP contribution in [0.1, 0.15) is 121 Å². The van der Waals surface area contributed by atoms with E-state index >= 15 is 0 Å². The Labute approximate surface area is 320 Å². The zero-order valence-electron chi connectivity index (χ0n) is 32.9. The number of anilines is 1. The fourth-order valence-electron chi connectivity index (χ4n) is 7.08. The molecule has 0 aliphatic heterocycles. The highest BCUT2D eigenvalue weighted by Gasteiger charge is 2.47. The lowest BCUT2D eigenvalue weighted by atomic mass is 9.73. The van der Waals surface area contributed by atoms with Gasteiger partial charge in [-0.2, -0.15) is 0 Å². The molecule has 1 aliphatic carbocycles. The summed E-state index contributed by atoms with van der Waals surface area (Å²) < 4.78 is 49.8. The van der Waals surface area contributed by atoms with Crippen molar-refractivity contribution in [3.05, 3.63) is 82.0 Å². The van der Waals surface area contributed by atoms with E-state index in [2.05, 4.69) is 31.5 Å². The fourth-order valence-corrected chi connectivity index (χ4v) is 7.08. The van der Waals surface area contributed by atoms with E-state index in [-0.39, 0.29) is 48.2 Å². The van der Waals surface area contributed by atoms with Gasteiger partial charge < -0.3 is 20.4 Å². The number of hydrogen-bond donors (Lipinski definition) is 4. The Morgan fingerprint density at radius 1 is 0.964 bits per heavy atom. The monoisotopic (exact) mass is 766 g/mol. The van der Waals surface area contributed by atoms with Crippen LogP contribution >= 0.6 is 0 Å². The van der Waals surface area contributed by atoms with Crippen molar-refractivity contribution >= 4 is 35.2 Å². The van der Waals surface area contributed by atoms with E-state index < -0.39 is 58.9 Å². The van der Waals surface area contributed by atoms with Gasteiger partial charge in [-0.25, -0.2) is 13.2 Å². The van der Waals surface area contributed by atoms with Gasteiger partial charge >= 0.3 is 6.01 Å². The van der Waals surface area contributed by atoms with Crippen LogP contribution < -0.4 is 21.3 Å². The molecule has 0 spiro atoms. The lowest BCUT2D eigenvalue weighted by Crippen LogP contribution is -2.64. The van der Waals surface area contributed by atoms with Gasteiger partial charge in [0.05, 0.1) is 6.42 Å². The van der Waals surface area contributed by atoms with Crippen LogP contribution in [0.3, 0.4) is 0 Å². The first-order chi connectivity index (χ1) is 25.9. The molecular weight excluding hydrogens is 713 g/mol. The smallest absolute Gasteiger partial charge is 0.322 e. The van der Waals surface area contributed by atoms with Crippen LogP contribution in [0.4, 0.5) is 19.2 Å². The molecule has 5 atom stereocenters. The number of benzene rings is 2. The number of aromatic nitrogens is 2. The van der Waals surface area contributed by atoms with Crippen molar-refractivity contribution in [2.75, 3.05) is 5.32 Å². The van der Waals surface area contributed by atoms with Crippen LogP contribution in [0.5, 0.6) is 0 Å². The molecule has 55 heavy (non-hydrogen) atoms. The van der Waals surface area contributed by atoms with E-state index in [1.54, 1.807) is 32.0 Å². The number of carbonyl (C=O) groups is 4. The fraction of sp³-hybridized carbons (Fsp3) is 0.512. The van der Waals surface area contributed by atoms with E-state index in [4.69, 9.17) is 4.42 Å². The van der Waals surface area contributed by atoms with Crippen molar-refractivity contribution in [2.45, 2.75) is 124 Å². The number of allylic oxidation sites excluding steroid dienone is 1. The Bertz CT molecular complexity index is 1910. The third-order valence-corrected chi connectivity index (χ3v) is 10.7. The lowest BCUT2D eigenvalue weighted by Gasteiger charge is -2.41. The highest BCUT2D eigenvalue weighted by atomic mass is 19.3. The Morgan fingerprint density at radius 2 is 1.65 bits per heavy atom. The molecule has 4 rings (SSSR count). The van der Waals surface area contributed by atoms with Gasteiger partial charge in [-0.05, 0) is 66.4 Å². The summed E-state index contributed by atoms with van der Waals surface area (Å²) in [6, 6.07) is 8.50. The maximum Gasteiger partial charge on any atom is 0.322 e. The molecule has 0 fully saturated rings. The number of halogens is 3. The highest BCUT2D eigenvalue weighted by molar-refractivity contribution is 5.97. The van der Waals surface area contributed by atoms with Gasteiger partial charge in [0.15, 0.2) is 0 Å². The molecular formula is C41H53F3N6O5. The summed E-state index contributed by atoms with van der Waals surface area (Å²) in [6.45, 7) is 13.2. The molecule has 0 radical (unpaired) electrons. The standard InChI is InChI=1S/C41H53F3N6O5/c1-9-23(4)34(46-33(52)21-28-15-12-13-18-32(28)42)36(53)48-41(38(54)47-35(24(5)10-2)37-49-50-39(55-37)45-26(7)51)20-19-27(11-3)30(22-41)29-16-14-17-31(25(29)6)40(8,43)44/h12-18,23-24,34-35H,9-11,19-22H2,1-8H3,(H,46,52)(H,47,54)(H,48,53)(H,45,50,51)/t23?,24?,34-,35+,41-/m1/s1. The number of carbonyl (C=O) groups excluding carboxylic acids is 4. The van der Waals surface area contributed by atoms with Gasteiger partial charge in [-0.15, -0.1) is 5.10 Å². The van der Waals surface area contributed by atoms with Gasteiger partial charge in [0, 0.05) is 25.8 Å². The van der Waals surface area contributed by atoms with E-state index in [9.17, 15) is 32.3 Å². The summed E-state index contributed by atoms with van der Waals surface area (Å²) in [5.74, 6) is -6.47. The molecule has 3 aromatic rings. The van der Waals surface area contributed by atoms with Crippen molar-refractivity contribution in [1.82, 2.24) is 26.1 Å². The first-order valence-corrected chi connectivity index (χ1v) is 18.9. The average molecular weight is 767 g/mol. The highest BCUT2D eigenvalue weighted by Crippen LogP contribution is 2.43. The van der Waals surface area contributed by atoms with E-state index in [1.165, 1.54) is 31.2 Å². The number of nitrogens with one attached hydrogen (secondary N) is 4. The van der Waals surface area contributed by atoms with E-state index in [1.807, 2.05) is 27.7 Å². The Balaban J connectivity index is 1.79. The minimum absolute atomic E-state index is 0.0420. The Morgan fingerprint density at radius 3 is 2.27 bits per heavy atom. The van der Waals surface area contributed by atoms with Gasteiger partial charge in [-0.1, -0.05) is 94.5 Å². The van der Waals surface area contributed by atoms with Crippen molar-refractivity contribution in [3.63, 3.8) is 0 Å². The normalized spacial score (nSPS) is 18.2. The molecule has 1 aromatic heterocycles. The van der Waals surface area contributed by atoms with Gasteiger partial charge in [0.2, 0.25) is 29.5 Å². The number of alkyl halides is 2. The largest absolute Gasteiger partial charge is 0.406 e. The van der Waals surface area contributed by atoms with Crippen LogP contribution in [0.2, 0.25) is 0 Å². The summed E-state index contributed by atoms with van der Waals surface area (Å²) in [7, 11) is 0. The van der Waals surface area contributed by atoms with Gasteiger partial charge in [0.25, 0.3) is 5.92 Å². The average Bonchev–Trinajstić information content (AvgIpc) is 3.59. The van der Waals surface area contributed by atoms with E-state index in [0.717, 1.165) is 12.5 Å². The minimum atomic E-state index is -3.13. The molecule has 4 N–H and O–H groups in total. The van der Waals surface area contributed by atoms with Gasteiger partial charge in [0.1, 0.15) is 23.4 Å². The molecule has 298 valence electrons. The molecule has 11 nitrogen and oxygen atoms in total. The molecule has 2 aromatic carbocycles. The van der Waals surface area contributed by atoms with Gasteiger partial charge in [-0.3, -0.25) is 24.5 Å². The van der Waals surface area contributed by atoms with Crippen molar-refractivity contribution < 1.29 is 36.8 Å². The first-order valence-electron chi connectivity index (χ1n) is 18.9. The first kappa shape index (κ1) is 42.7. The summed E-state index contributed by atoms with van der Waals surface area (Å²) in [5, 5.41) is 19.3. The number of hydrogen-bond acceptors (Lipinski definition) is 7. The molecule has 0 bridgehead atoms. The SMILES string of the molecule is CCC1=C(c2cccc(C(C)(F)F)c2C)C[C@@](NC(=O)[C@H](NC(=O)Cc2ccccc2F)C(C)CC)(C(=O)N[C@H](c2nnc(NC(C)=O)o2)C(C)CC)CC1. The minimum Gasteiger partial charge on any atom is -0.406 e. The number of rotatable bonds is 16. The van der Waals surface area contributed by atoms with Crippen LogP contribution in [0.25, 0.3) is 5.57 Å². The predicted molar refractivity (Wildman–Crippen MR) is 203 cm³/mol. The second-order valence-electron chi connectivity index (χ2n) is 14.7. The van der Waals surface area contributed by atoms with E-state index in [0.29, 0.717) is 42.4 Å². The molecule has 1 heterocycles. The molecule has 4 amide bonds. The predicted octanol–water partition coefficient (Wildman–Crippen LogP) is 7.47. The zero-order chi connectivity index (χ0) is 40.7. The summed E-state index contributed by atoms with van der Waals surface area (Å²) in [4.78, 5) is 54.4. The molecule has 0 saturated carbocycles. The molecule has 0 saturated heterocycles. The van der Waals surface area contributed by atoms with Crippen LogP contribution in [0.15, 0.2) is 52.5 Å². The Kier molecular flexibility index (Phi) is 14.0. The molecule has 2 unspecified atom stereocenters. The maximum atomic E-state index is 14.9. The summed E-state index contributed by atoms with van der Waals surface area (Å²) in [6.07, 6.45) is 1.82. The number of amides is 4. The molecule has 14 heteroatoms. The lowest BCUT2D eigenvalue weighted by molar-refractivity contribution is -0.137. The third kappa shape index (κ3) is 10.2. The van der Waals surface area contributed by atoms with Crippen molar-refractivity contribution in [1.29, 1.82) is 0 Å². The Hall–Kier alpha value is -5.01. The zero-order valence-corrected chi connectivity index (χ0v) is 32.9. The van der Waals surface area contributed by atoms with Crippen LogP contribution in [0, 0.1) is 24.6 Å². The maximum absolute atomic E-state index is 14.9. The third-order valence-electron chi connectivity index (χ3n) is 10.7. The van der Waals surface area contributed by atoms with Crippen molar-refractivity contribution in [2.24, 2.45) is 11.8 Å². The summed E-state index contributed by atoms with van der Waals surface area (Å²) in [5.41, 5.74) is 0.944. The van der Waals surface area contributed by atoms with Crippen molar-refractivity contribution in [3.8, 4) is 0 Å². The molecule has 1 aliphatic rings. The van der Waals surface area contributed by atoms with Crippen LogP contribution in [-0.4, -0.2) is 45.4 Å².